The lowest BCUT2D eigenvalue weighted by atomic mass is 9.86. The molecule has 2 aliphatic rings. The van der Waals surface area contributed by atoms with Gasteiger partial charge in [-0.15, -0.1) is 0 Å². The standard InChI is InChI=1S/2C11H22N2O2/c2*1-8(2)15-11(14)13-7-9-3-5-10(12)6-4-9/h2*8-10H,3-7,12H2,1-2H3,(H,13,14). The van der Waals surface area contributed by atoms with E-state index in [1.54, 1.807) is 0 Å². The number of hydrogen-bond acceptors (Lipinski definition) is 6. The molecule has 0 aliphatic heterocycles. The summed E-state index contributed by atoms with van der Waals surface area (Å²) >= 11 is 0. The Hall–Kier alpha value is -1.54. The third kappa shape index (κ3) is 12.9. The Morgan fingerprint density at radius 1 is 0.700 bits per heavy atom. The van der Waals surface area contributed by atoms with Crippen molar-refractivity contribution in [2.75, 3.05) is 13.1 Å². The van der Waals surface area contributed by atoms with E-state index < -0.39 is 0 Å². The predicted octanol–water partition coefficient (Wildman–Crippen LogP) is 3.28. The molecule has 2 saturated carbocycles. The molecule has 6 N–H and O–H groups in total. The molecular formula is C22H44N4O4. The fourth-order valence-corrected chi connectivity index (χ4v) is 3.75. The first-order chi connectivity index (χ1) is 14.2. The first-order valence-corrected chi connectivity index (χ1v) is 11.6. The van der Waals surface area contributed by atoms with Crippen LogP contribution in [-0.4, -0.2) is 49.6 Å². The summed E-state index contributed by atoms with van der Waals surface area (Å²) in [6.45, 7) is 8.83. The normalized spacial score (nSPS) is 26.4. The molecule has 8 nitrogen and oxygen atoms in total. The number of alkyl carbamates (subject to hydrolysis) is 2. The third-order valence-electron chi connectivity index (χ3n) is 5.54. The number of carbonyl (C=O) groups excluding carboxylic acids is 2. The smallest absolute Gasteiger partial charge is 0.407 e. The van der Waals surface area contributed by atoms with Crippen molar-refractivity contribution in [2.24, 2.45) is 23.3 Å². The quantitative estimate of drug-likeness (QED) is 0.514. The minimum absolute atomic E-state index is 0.0511. The second kappa shape index (κ2) is 14.5. The van der Waals surface area contributed by atoms with Gasteiger partial charge in [0.2, 0.25) is 0 Å². The molecule has 2 rings (SSSR count). The predicted molar refractivity (Wildman–Crippen MR) is 119 cm³/mol. The number of nitrogens with one attached hydrogen (secondary N) is 2. The van der Waals surface area contributed by atoms with Crippen molar-refractivity contribution in [3.63, 3.8) is 0 Å². The number of hydrogen-bond donors (Lipinski definition) is 4. The molecular weight excluding hydrogens is 384 g/mol. The third-order valence-corrected chi connectivity index (χ3v) is 5.54. The van der Waals surface area contributed by atoms with Gasteiger partial charge < -0.3 is 31.6 Å². The average molecular weight is 429 g/mol. The number of carbonyl (C=O) groups is 2. The monoisotopic (exact) mass is 428 g/mol. The van der Waals surface area contributed by atoms with Gasteiger partial charge in [-0.2, -0.15) is 0 Å². The molecule has 176 valence electrons. The summed E-state index contributed by atoms with van der Waals surface area (Å²) in [6, 6.07) is 0.729. The van der Waals surface area contributed by atoms with Crippen LogP contribution in [0, 0.1) is 11.8 Å². The molecule has 30 heavy (non-hydrogen) atoms. The van der Waals surface area contributed by atoms with E-state index >= 15 is 0 Å². The van der Waals surface area contributed by atoms with Crippen LogP contribution in [0.25, 0.3) is 0 Å². The largest absolute Gasteiger partial charge is 0.447 e. The molecule has 0 bridgehead atoms. The van der Waals surface area contributed by atoms with Crippen LogP contribution in [0.2, 0.25) is 0 Å². The van der Waals surface area contributed by atoms with E-state index in [0.717, 1.165) is 64.5 Å². The topological polar surface area (TPSA) is 129 Å². The summed E-state index contributed by atoms with van der Waals surface area (Å²) in [6.07, 6.45) is 8.04. The Morgan fingerprint density at radius 3 is 1.27 bits per heavy atom. The van der Waals surface area contributed by atoms with Gasteiger partial charge in [0.15, 0.2) is 0 Å². The molecule has 0 saturated heterocycles. The Labute approximate surface area is 182 Å². The van der Waals surface area contributed by atoms with Crippen LogP contribution in [0.1, 0.15) is 79.1 Å². The maximum atomic E-state index is 11.2. The van der Waals surface area contributed by atoms with Gasteiger partial charge in [0.1, 0.15) is 0 Å². The van der Waals surface area contributed by atoms with Gasteiger partial charge in [-0.05, 0) is 90.9 Å². The molecule has 2 fully saturated rings. The first kappa shape index (κ1) is 26.5. The lowest BCUT2D eigenvalue weighted by molar-refractivity contribution is 0.112. The first-order valence-electron chi connectivity index (χ1n) is 11.6. The fraction of sp³-hybridized carbons (Fsp3) is 0.909. The van der Waals surface area contributed by atoms with E-state index in [4.69, 9.17) is 20.9 Å². The highest BCUT2D eigenvalue weighted by Gasteiger charge is 2.20. The summed E-state index contributed by atoms with van der Waals surface area (Å²) in [5.41, 5.74) is 11.6. The van der Waals surface area contributed by atoms with Crippen molar-refractivity contribution >= 4 is 12.2 Å². The van der Waals surface area contributed by atoms with Crippen molar-refractivity contribution in [1.82, 2.24) is 10.6 Å². The second-order valence-electron chi connectivity index (χ2n) is 9.23. The van der Waals surface area contributed by atoms with Crippen LogP contribution in [0.15, 0.2) is 0 Å². The zero-order valence-corrected chi connectivity index (χ0v) is 19.3. The van der Waals surface area contributed by atoms with Crippen LogP contribution in [0.3, 0.4) is 0 Å². The molecule has 0 aromatic carbocycles. The van der Waals surface area contributed by atoms with E-state index in [-0.39, 0.29) is 24.4 Å². The minimum Gasteiger partial charge on any atom is -0.447 e. The molecule has 0 spiro atoms. The molecule has 2 amide bonds. The zero-order valence-electron chi connectivity index (χ0n) is 19.3. The van der Waals surface area contributed by atoms with Crippen molar-refractivity contribution in [3.05, 3.63) is 0 Å². The molecule has 0 aromatic heterocycles. The Morgan fingerprint density at radius 2 is 1.00 bits per heavy atom. The number of amides is 2. The molecule has 0 unspecified atom stereocenters. The van der Waals surface area contributed by atoms with Gasteiger partial charge in [0.05, 0.1) is 12.2 Å². The van der Waals surface area contributed by atoms with Crippen molar-refractivity contribution in [2.45, 2.75) is 103 Å². The van der Waals surface area contributed by atoms with Gasteiger partial charge in [0.25, 0.3) is 0 Å². The molecule has 0 aromatic rings. The van der Waals surface area contributed by atoms with Crippen molar-refractivity contribution < 1.29 is 19.1 Å². The van der Waals surface area contributed by atoms with Crippen molar-refractivity contribution in [3.8, 4) is 0 Å². The summed E-state index contributed by atoms with van der Waals surface area (Å²) < 4.78 is 9.98. The van der Waals surface area contributed by atoms with Gasteiger partial charge >= 0.3 is 12.2 Å². The van der Waals surface area contributed by atoms with E-state index in [1.165, 1.54) is 0 Å². The molecule has 0 radical (unpaired) electrons. The molecule has 8 heteroatoms. The maximum Gasteiger partial charge on any atom is 0.407 e. The van der Waals surface area contributed by atoms with Gasteiger partial charge in [0, 0.05) is 25.2 Å². The Bertz CT molecular complexity index is 442. The van der Waals surface area contributed by atoms with E-state index in [2.05, 4.69) is 10.6 Å². The van der Waals surface area contributed by atoms with Crippen LogP contribution in [0.5, 0.6) is 0 Å². The van der Waals surface area contributed by atoms with Gasteiger partial charge in [-0.3, -0.25) is 0 Å². The minimum atomic E-state index is -0.306. The SMILES string of the molecule is CC(C)OC(=O)NCC1CCC(N)CC1.CC(C)OC(=O)NCC1CCC(N)CC1. The van der Waals surface area contributed by atoms with Gasteiger partial charge in [-0.1, -0.05) is 0 Å². The lowest BCUT2D eigenvalue weighted by Crippen LogP contribution is -2.35. The summed E-state index contributed by atoms with van der Waals surface area (Å²) in [7, 11) is 0. The second-order valence-corrected chi connectivity index (χ2v) is 9.23. The maximum absolute atomic E-state index is 11.2. The van der Waals surface area contributed by atoms with Crippen LogP contribution in [-0.2, 0) is 9.47 Å². The zero-order chi connectivity index (χ0) is 22.5. The summed E-state index contributed by atoms with van der Waals surface area (Å²) in [5.74, 6) is 1.15. The number of ether oxygens (including phenoxy) is 2. The highest BCUT2D eigenvalue weighted by Crippen LogP contribution is 2.23. The lowest BCUT2D eigenvalue weighted by Gasteiger charge is -2.26. The fourth-order valence-electron chi connectivity index (χ4n) is 3.75. The van der Waals surface area contributed by atoms with Gasteiger partial charge in [-0.25, -0.2) is 9.59 Å². The van der Waals surface area contributed by atoms with Crippen molar-refractivity contribution in [1.29, 1.82) is 0 Å². The van der Waals surface area contributed by atoms with E-state index in [9.17, 15) is 9.59 Å². The number of rotatable bonds is 6. The Kier molecular flexibility index (Phi) is 12.8. The Balaban J connectivity index is 0.000000300. The molecule has 2 aliphatic carbocycles. The highest BCUT2D eigenvalue weighted by molar-refractivity contribution is 5.67. The summed E-state index contributed by atoms with van der Waals surface area (Å²) in [5, 5.41) is 5.59. The number of nitrogens with two attached hydrogens (primary N) is 2. The average Bonchev–Trinajstić information content (AvgIpc) is 2.66. The summed E-state index contributed by atoms with van der Waals surface area (Å²) in [4.78, 5) is 22.4. The van der Waals surface area contributed by atoms with Crippen LogP contribution < -0.4 is 22.1 Å². The van der Waals surface area contributed by atoms with E-state index in [0.29, 0.717) is 23.9 Å². The molecule has 0 heterocycles. The van der Waals surface area contributed by atoms with E-state index in [1.807, 2.05) is 27.7 Å². The van der Waals surface area contributed by atoms with Crippen LogP contribution >= 0.6 is 0 Å². The van der Waals surface area contributed by atoms with Crippen LogP contribution in [0.4, 0.5) is 9.59 Å². The molecule has 0 atom stereocenters. The highest BCUT2D eigenvalue weighted by atomic mass is 16.6.